The first-order valence-corrected chi connectivity index (χ1v) is 7.15. The first kappa shape index (κ1) is 16.7. The Hall–Kier alpha value is -4.19. The van der Waals surface area contributed by atoms with Gasteiger partial charge in [-0.3, -0.25) is 9.59 Å². The Labute approximate surface area is 145 Å². The molecule has 1 heterocycles. The molecule has 1 aliphatic rings. The maximum Gasteiger partial charge on any atom is 0.343 e. The van der Waals surface area contributed by atoms with E-state index in [1.807, 2.05) is 0 Å². The van der Waals surface area contributed by atoms with Gasteiger partial charge in [0, 0.05) is 0 Å². The van der Waals surface area contributed by atoms with Crippen LogP contribution < -0.4 is 9.80 Å². The lowest BCUT2D eigenvalue weighted by Crippen LogP contribution is -2.33. The molecule has 0 unspecified atom stereocenters. The first-order chi connectivity index (χ1) is 12.6. The van der Waals surface area contributed by atoms with E-state index in [4.69, 9.17) is 0 Å². The Balaban J connectivity index is 1.94. The number of imide groups is 2. The van der Waals surface area contributed by atoms with E-state index in [0.717, 1.165) is 0 Å². The number of urea groups is 1. The van der Waals surface area contributed by atoms with Crippen LogP contribution in [0.2, 0.25) is 0 Å². The predicted octanol–water partition coefficient (Wildman–Crippen LogP) is 2.12. The van der Waals surface area contributed by atoms with Gasteiger partial charge in [-0.15, -0.1) is 0 Å². The summed E-state index contributed by atoms with van der Waals surface area (Å²) < 4.78 is 0. The van der Waals surface area contributed by atoms with Crippen molar-refractivity contribution >= 4 is 52.8 Å². The standard InChI is InChI=1S/C17H8N4O5/c22-9-18-11-1-5-13(6-2-11)20-15(24)16(25)21(17(20)26)14-7-3-12(4-8-14)19-10-23/h1-8H. The number of nitrogens with zero attached hydrogens (tertiary/aromatic N) is 4. The molecule has 9 heteroatoms. The lowest BCUT2D eigenvalue weighted by atomic mass is 10.2. The second kappa shape index (κ2) is 6.74. The van der Waals surface area contributed by atoms with Gasteiger partial charge >= 0.3 is 17.8 Å². The van der Waals surface area contributed by atoms with E-state index in [-0.39, 0.29) is 22.7 Å². The normalized spacial score (nSPS) is 13.5. The number of isocyanates is 2. The molecule has 26 heavy (non-hydrogen) atoms. The second-order valence-electron chi connectivity index (χ2n) is 5.00. The Bertz CT molecular complexity index is 919. The molecule has 0 N–H and O–H groups in total. The highest BCUT2D eigenvalue weighted by atomic mass is 16.2. The molecule has 0 radical (unpaired) electrons. The van der Waals surface area contributed by atoms with E-state index in [1.165, 1.54) is 60.7 Å². The third-order valence-corrected chi connectivity index (χ3v) is 3.54. The number of rotatable bonds is 4. The van der Waals surface area contributed by atoms with Crippen molar-refractivity contribution in [1.82, 2.24) is 0 Å². The van der Waals surface area contributed by atoms with Gasteiger partial charge in [0.2, 0.25) is 12.2 Å². The van der Waals surface area contributed by atoms with Crippen molar-refractivity contribution in [3.8, 4) is 0 Å². The second-order valence-corrected chi connectivity index (χ2v) is 5.00. The number of amides is 4. The Morgan fingerprint density at radius 3 is 1.27 bits per heavy atom. The molecule has 126 valence electrons. The molecule has 0 aliphatic carbocycles. The molecule has 0 atom stereocenters. The highest BCUT2D eigenvalue weighted by Crippen LogP contribution is 2.29. The molecule has 0 aromatic heterocycles. The van der Waals surface area contributed by atoms with Crippen molar-refractivity contribution < 1.29 is 24.0 Å². The highest BCUT2D eigenvalue weighted by Gasteiger charge is 2.46. The summed E-state index contributed by atoms with van der Waals surface area (Å²) in [7, 11) is 0. The topological polar surface area (TPSA) is 117 Å². The lowest BCUT2D eigenvalue weighted by molar-refractivity contribution is -0.133. The molecule has 0 saturated carbocycles. The van der Waals surface area contributed by atoms with E-state index in [9.17, 15) is 24.0 Å². The number of carbonyl (C=O) groups is 3. The number of hydrogen-bond acceptors (Lipinski definition) is 7. The van der Waals surface area contributed by atoms with Gasteiger partial charge in [0.05, 0.1) is 22.7 Å². The zero-order valence-electron chi connectivity index (χ0n) is 12.9. The number of benzene rings is 2. The van der Waals surface area contributed by atoms with E-state index >= 15 is 0 Å². The van der Waals surface area contributed by atoms with Gasteiger partial charge in [0.1, 0.15) is 0 Å². The molecule has 2 aromatic rings. The van der Waals surface area contributed by atoms with Crippen LogP contribution in [0, 0.1) is 0 Å². The summed E-state index contributed by atoms with van der Waals surface area (Å²) in [5.41, 5.74) is 0.889. The molecule has 1 aliphatic heterocycles. The van der Waals surface area contributed by atoms with Crippen LogP contribution >= 0.6 is 0 Å². The summed E-state index contributed by atoms with van der Waals surface area (Å²) >= 11 is 0. The van der Waals surface area contributed by atoms with Crippen LogP contribution in [0.25, 0.3) is 0 Å². The fraction of sp³-hybridized carbons (Fsp3) is 0. The molecule has 0 spiro atoms. The summed E-state index contributed by atoms with van der Waals surface area (Å²) in [6.45, 7) is 0. The number of carbonyl (C=O) groups excluding carboxylic acids is 5. The Morgan fingerprint density at radius 2 is 0.962 bits per heavy atom. The van der Waals surface area contributed by atoms with Gasteiger partial charge < -0.3 is 0 Å². The van der Waals surface area contributed by atoms with Crippen molar-refractivity contribution in [2.45, 2.75) is 0 Å². The molecular weight excluding hydrogens is 340 g/mol. The molecule has 4 amide bonds. The first-order valence-electron chi connectivity index (χ1n) is 7.15. The van der Waals surface area contributed by atoms with E-state index in [0.29, 0.717) is 9.80 Å². The minimum atomic E-state index is -1.02. The van der Waals surface area contributed by atoms with Crippen LogP contribution in [-0.2, 0) is 19.2 Å². The third-order valence-electron chi connectivity index (χ3n) is 3.54. The zero-order valence-corrected chi connectivity index (χ0v) is 12.9. The molecule has 0 bridgehead atoms. The average molecular weight is 348 g/mol. The van der Waals surface area contributed by atoms with Gasteiger partial charge in [-0.2, -0.15) is 9.98 Å². The van der Waals surface area contributed by atoms with Crippen LogP contribution in [0.3, 0.4) is 0 Å². The fourth-order valence-electron chi connectivity index (χ4n) is 2.38. The predicted molar refractivity (Wildman–Crippen MR) is 88.8 cm³/mol. The van der Waals surface area contributed by atoms with Crippen molar-refractivity contribution in [1.29, 1.82) is 0 Å². The summed E-state index contributed by atoms with van der Waals surface area (Å²) in [6.07, 6.45) is 2.75. The molecule has 1 saturated heterocycles. The van der Waals surface area contributed by atoms with Gasteiger partial charge in [-0.25, -0.2) is 24.2 Å². The maximum atomic E-state index is 12.6. The SMILES string of the molecule is O=C=Nc1ccc(N2C(=O)C(=O)N(c3ccc(N=C=O)cc3)C2=O)cc1. The monoisotopic (exact) mass is 348 g/mol. The van der Waals surface area contributed by atoms with Crippen LogP contribution in [0.5, 0.6) is 0 Å². The van der Waals surface area contributed by atoms with Crippen molar-refractivity contribution in [2.24, 2.45) is 9.98 Å². The van der Waals surface area contributed by atoms with Gasteiger partial charge in [-0.1, -0.05) is 0 Å². The largest absolute Gasteiger partial charge is 0.343 e. The van der Waals surface area contributed by atoms with Gasteiger partial charge in [-0.05, 0) is 48.5 Å². The van der Waals surface area contributed by atoms with Crippen molar-refractivity contribution in [2.75, 3.05) is 9.80 Å². The highest BCUT2D eigenvalue weighted by molar-refractivity contribution is 6.60. The van der Waals surface area contributed by atoms with Gasteiger partial charge in [0.15, 0.2) is 0 Å². The summed E-state index contributed by atoms with van der Waals surface area (Å²) in [5.74, 6) is -2.03. The molecule has 3 rings (SSSR count). The lowest BCUT2D eigenvalue weighted by Gasteiger charge is -2.15. The van der Waals surface area contributed by atoms with Crippen LogP contribution in [0.15, 0.2) is 58.5 Å². The van der Waals surface area contributed by atoms with Crippen molar-refractivity contribution in [3.63, 3.8) is 0 Å². The average Bonchev–Trinajstić information content (AvgIpc) is 2.87. The van der Waals surface area contributed by atoms with Gasteiger partial charge in [0.25, 0.3) is 0 Å². The van der Waals surface area contributed by atoms with Crippen LogP contribution in [-0.4, -0.2) is 30.0 Å². The summed E-state index contributed by atoms with van der Waals surface area (Å²) in [5, 5.41) is 0. The van der Waals surface area contributed by atoms with Crippen LogP contribution in [0.1, 0.15) is 0 Å². The fourth-order valence-corrected chi connectivity index (χ4v) is 2.38. The molecule has 1 fully saturated rings. The zero-order chi connectivity index (χ0) is 18.7. The summed E-state index contributed by atoms with van der Waals surface area (Å²) in [6, 6.07) is 10.3. The number of aliphatic imine (C=N–C) groups is 2. The van der Waals surface area contributed by atoms with E-state index < -0.39 is 17.8 Å². The van der Waals surface area contributed by atoms with E-state index in [1.54, 1.807) is 0 Å². The quantitative estimate of drug-likeness (QED) is 0.363. The maximum absolute atomic E-state index is 12.6. The molecular formula is C17H8N4O5. The third kappa shape index (κ3) is 2.83. The summed E-state index contributed by atoms with van der Waals surface area (Å²) in [4.78, 5) is 65.8. The Morgan fingerprint density at radius 1 is 0.615 bits per heavy atom. The van der Waals surface area contributed by atoms with E-state index in [2.05, 4.69) is 9.98 Å². The molecule has 9 nitrogen and oxygen atoms in total. The van der Waals surface area contributed by atoms with Crippen molar-refractivity contribution in [3.05, 3.63) is 48.5 Å². The van der Waals surface area contributed by atoms with Crippen LogP contribution in [0.4, 0.5) is 27.5 Å². The Kier molecular flexibility index (Phi) is 4.32. The number of anilines is 2. The molecule has 2 aromatic carbocycles. The minimum Gasteiger partial charge on any atom is -0.262 e. The number of hydrogen-bond donors (Lipinski definition) is 0. The minimum absolute atomic E-state index is 0.155. The smallest absolute Gasteiger partial charge is 0.262 e.